The standard InChI is InChI=1S/C13H21NS/c1-2-11-5-7-13(14,10-11)8-6-12-4-3-9-15-12/h3-4,9,11H,2,5-8,10,14H2,1H3. The van der Waals surface area contributed by atoms with E-state index < -0.39 is 0 Å². The molecule has 1 saturated carbocycles. The number of nitrogens with two attached hydrogens (primary N) is 1. The topological polar surface area (TPSA) is 26.0 Å². The van der Waals surface area contributed by atoms with Crippen LogP contribution in [0.3, 0.4) is 0 Å². The second kappa shape index (κ2) is 4.67. The lowest BCUT2D eigenvalue weighted by Crippen LogP contribution is -2.37. The van der Waals surface area contributed by atoms with Crippen LogP contribution in [-0.4, -0.2) is 5.54 Å². The van der Waals surface area contributed by atoms with E-state index in [4.69, 9.17) is 5.73 Å². The van der Waals surface area contributed by atoms with E-state index in [1.54, 1.807) is 0 Å². The Morgan fingerprint density at radius 3 is 3.07 bits per heavy atom. The van der Waals surface area contributed by atoms with E-state index in [1.807, 2.05) is 11.3 Å². The van der Waals surface area contributed by atoms with Crippen LogP contribution in [-0.2, 0) is 6.42 Å². The van der Waals surface area contributed by atoms with Crippen molar-refractivity contribution in [2.45, 2.75) is 51.0 Å². The third-order valence-electron chi connectivity index (χ3n) is 3.77. The molecular formula is C13H21NS. The van der Waals surface area contributed by atoms with Gasteiger partial charge in [0.1, 0.15) is 0 Å². The van der Waals surface area contributed by atoms with Crippen LogP contribution in [0.1, 0.15) is 43.9 Å². The lowest BCUT2D eigenvalue weighted by Gasteiger charge is -2.23. The summed E-state index contributed by atoms with van der Waals surface area (Å²) in [6.07, 6.45) is 7.47. The third-order valence-corrected chi connectivity index (χ3v) is 4.71. The molecule has 2 rings (SSSR count). The molecule has 2 unspecified atom stereocenters. The van der Waals surface area contributed by atoms with E-state index >= 15 is 0 Å². The lowest BCUT2D eigenvalue weighted by atomic mass is 9.91. The molecule has 0 spiro atoms. The summed E-state index contributed by atoms with van der Waals surface area (Å²) >= 11 is 1.86. The summed E-state index contributed by atoms with van der Waals surface area (Å²) in [7, 11) is 0. The molecule has 0 radical (unpaired) electrons. The van der Waals surface area contributed by atoms with Crippen molar-refractivity contribution in [3.05, 3.63) is 22.4 Å². The quantitative estimate of drug-likeness (QED) is 0.829. The van der Waals surface area contributed by atoms with Gasteiger partial charge in [0.15, 0.2) is 0 Å². The molecule has 1 heterocycles. The average molecular weight is 223 g/mol. The summed E-state index contributed by atoms with van der Waals surface area (Å²) in [4.78, 5) is 1.49. The fourth-order valence-corrected chi connectivity index (χ4v) is 3.38. The first kappa shape index (κ1) is 11.2. The van der Waals surface area contributed by atoms with Crippen LogP contribution in [0, 0.1) is 5.92 Å². The molecule has 0 bridgehead atoms. The van der Waals surface area contributed by atoms with Gasteiger partial charge in [0.2, 0.25) is 0 Å². The van der Waals surface area contributed by atoms with Gasteiger partial charge in [0.25, 0.3) is 0 Å². The van der Waals surface area contributed by atoms with Crippen molar-refractivity contribution in [3.63, 3.8) is 0 Å². The van der Waals surface area contributed by atoms with E-state index in [0.717, 1.165) is 5.92 Å². The molecule has 1 aromatic rings. The number of hydrogen-bond donors (Lipinski definition) is 1. The smallest absolute Gasteiger partial charge is 0.0160 e. The summed E-state index contributed by atoms with van der Waals surface area (Å²) in [5.74, 6) is 0.887. The molecule has 1 nitrogen and oxygen atoms in total. The Labute approximate surface area is 96.7 Å². The molecule has 0 aromatic carbocycles. The molecular weight excluding hydrogens is 202 g/mol. The lowest BCUT2D eigenvalue weighted by molar-refractivity contribution is 0.383. The first-order chi connectivity index (χ1) is 7.22. The molecule has 84 valence electrons. The minimum absolute atomic E-state index is 0.144. The Bertz CT molecular complexity index is 293. The summed E-state index contributed by atoms with van der Waals surface area (Å²) in [5.41, 5.74) is 6.59. The Kier molecular flexibility index (Phi) is 3.47. The molecule has 15 heavy (non-hydrogen) atoms. The predicted molar refractivity (Wildman–Crippen MR) is 67.2 cm³/mol. The maximum Gasteiger partial charge on any atom is 0.0160 e. The van der Waals surface area contributed by atoms with Gasteiger partial charge in [0, 0.05) is 10.4 Å². The molecule has 1 aliphatic rings. The Morgan fingerprint density at radius 2 is 2.47 bits per heavy atom. The van der Waals surface area contributed by atoms with Crippen molar-refractivity contribution in [2.75, 3.05) is 0 Å². The highest BCUT2D eigenvalue weighted by atomic mass is 32.1. The monoisotopic (exact) mass is 223 g/mol. The van der Waals surface area contributed by atoms with Crippen LogP contribution in [0.25, 0.3) is 0 Å². The first-order valence-corrected chi connectivity index (χ1v) is 6.91. The number of aryl methyl sites for hydroxylation is 1. The highest BCUT2D eigenvalue weighted by Crippen LogP contribution is 2.37. The predicted octanol–water partition coefficient (Wildman–Crippen LogP) is 3.59. The van der Waals surface area contributed by atoms with Crippen molar-refractivity contribution in [2.24, 2.45) is 11.7 Å². The zero-order valence-electron chi connectivity index (χ0n) is 9.54. The Morgan fingerprint density at radius 1 is 1.60 bits per heavy atom. The van der Waals surface area contributed by atoms with Gasteiger partial charge in [-0.25, -0.2) is 0 Å². The highest BCUT2D eigenvalue weighted by Gasteiger charge is 2.34. The number of hydrogen-bond acceptors (Lipinski definition) is 2. The average Bonchev–Trinajstić information content (AvgIpc) is 2.84. The molecule has 0 saturated heterocycles. The summed E-state index contributed by atoms with van der Waals surface area (Å²) in [6.45, 7) is 2.29. The van der Waals surface area contributed by atoms with E-state index in [1.165, 1.54) is 43.4 Å². The van der Waals surface area contributed by atoms with Crippen LogP contribution in [0.4, 0.5) is 0 Å². The van der Waals surface area contributed by atoms with E-state index in [9.17, 15) is 0 Å². The van der Waals surface area contributed by atoms with E-state index in [2.05, 4.69) is 24.4 Å². The molecule has 1 fully saturated rings. The van der Waals surface area contributed by atoms with Crippen molar-refractivity contribution in [1.82, 2.24) is 0 Å². The number of rotatable bonds is 4. The minimum Gasteiger partial charge on any atom is -0.325 e. The van der Waals surface area contributed by atoms with E-state index in [-0.39, 0.29) is 5.54 Å². The fourth-order valence-electron chi connectivity index (χ4n) is 2.67. The highest BCUT2D eigenvalue weighted by molar-refractivity contribution is 7.09. The molecule has 2 atom stereocenters. The Hall–Kier alpha value is -0.340. The van der Waals surface area contributed by atoms with Gasteiger partial charge in [-0.05, 0) is 49.5 Å². The summed E-state index contributed by atoms with van der Waals surface area (Å²) < 4.78 is 0. The summed E-state index contributed by atoms with van der Waals surface area (Å²) in [6, 6.07) is 4.35. The van der Waals surface area contributed by atoms with Gasteiger partial charge in [-0.1, -0.05) is 19.4 Å². The van der Waals surface area contributed by atoms with Gasteiger partial charge < -0.3 is 5.73 Å². The van der Waals surface area contributed by atoms with E-state index in [0.29, 0.717) is 0 Å². The fraction of sp³-hybridized carbons (Fsp3) is 0.692. The third kappa shape index (κ3) is 2.82. The zero-order valence-corrected chi connectivity index (χ0v) is 10.4. The molecule has 1 aromatic heterocycles. The second-order valence-corrected chi connectivity index (χ2v) is 5.99. The Balaban J connectivity index is 1.84. The van der Waals surface area contributed by atoms with Crippen molar-refractivity contribution in [1.29, 1.82) is 0 Å². The maximum absolute atomic E-state index is 6.45. The second-order valence-electron chi connectivity index (χ2n) is 4.96. The van der Waals surface area contributed by atoms with Crippen LogP contribution in [0.15, 0.2) is 17.5 Å². The minimum atomic E-state index is 0.144. The maximum atomic E-state index is 6.45. The van der Waals surface area contributed by atoms with Gasteiger partial charge >= 0.3 is 0 Å². The molecule has 1 aliphatic carbocycles. The molecule has 0 aliphatic heterocycles. The van der Waals surface area contributed by atoms with Crippen LogP contribution in [0.2, 0.25) is 0 Å². The zero-order chi connectivity index (χ0) is 10.7. The normalized spacial score (nSPS) is 30.9. The molecule has 2 N–H and O–H groups in total. The van der Waals surface area contributed by atoms with Gasteiger partial charge in [-0.15, -0.1) is 11.3 Å². The van der Waals surface area contributed by atoms with Crippen LogP contribution < -0.4 is 5.73 Å². The van der Waals surface area contributed by atoms with Gasteiger partial charge in [-0.3, -0.25) is 0 Å². The van der Waals surface area contributed by atoms with Crippen LogP contribution >= 0.6 is 11.3 Å². The SMILES string of the molecule is CCC1CCC(N)(CCc2cccs2)C1. The largest absolute Gasteiger partial charge is 0.325 e. The molecule has 0 amide bonds. The van der Waals surface area contributed by atoms with Crippen molar-refractivity contribution >= 4 is 11.3 Å². The van der Waals surface area contributed by atoms with Crippen LogP contribution in [0.5, 0.6) is 0 Å². The molecule has 2 heteroatoms. The van der Waals surface area contributed by atoms with Crippen molar-refractivity contribution in [3.8, 4) is 0 Å². The van der Waals surface area contributed by atoms with Gasteiger partial charge in [0.05, 0.1) is 0 Å². The van der Waals surface area contributed by atoms with Gasteiger partial charge in [-0.2, -0.15) is 0 Å². The number of thiophene rings is 1. The summed E-state index contributed by atoms with van der Waals surface area (Å²) in [5, 5.41) is 2.15. The first-order valence-electron chi connectivity index (χ1n) is 6.03. The van der Waals surface area contributed by atoms with Crippen molar-refractivity contribution < 1.29 is 0 Å².